The lowest BCUT2D eigenvalue weighted by Gasteiger charge is -2.35. The highest BCUT2D eigenvalue weighted by Gasteiger charge is 2.35. The normalized spacial score (nSPS) is 19.8. The van der Waals surface area contributed by atoms with Gasteiger partial charge in [0.05, 0.1) is 6.04 Å². The second-order valence-corrected chi connectivity index (χ2v) is 8.53. The summed E-state index contributed by atoms with van der Waals surface area (Å²) in [5, 5.41) is 2.95. The predicted octanol–water partition coefficient (Wildman–Crippen LogP) is 4.10. The first kappa shape index (κ1) is 22.4. The number of hydrogen-bond acceptors (Lipinski definition) is 3. The van der Waals surface area contributed by atoms with Crippen molar-refractivity contribution in [2.75, 3.05) is 38.2 Å². The van der Waals surface area contributed by atoms with Gasteiger partial charge in [-0.15, -0.1) is 0 Å². The zero-order valence-electron chi connectivity index (χ0n) is 18.1. The van der Waals surface area contributed by atoms with Gasteiger partial charge < -0.3 is 10.2 Å². The Bertz CT molecular complexity index is 960. The van der Waals surface area contributed by atoms with Crippen molar-refractivity contribution in [1.82, 2.24) is 9.80 Å². The number of benzene rings is 2. The number of carbonyl (C=O) groups excluding carboxylic acids is 2. The van der Waals surface area contributed by atoms with Gasteiger partial charge in [0.2, 0.25) is 11.8 Å². The fourth-order valence-electron chi connectivity index (χ4n) is 4.76. The Hall–Kier alpha value is -2.80. The lowest BCUT2D eigenvalue weighted by Crippen LogP contribution is -2.49. The molecular formula is C25H29F2N3O2. The summed E-state index contributed by atoms with van der Waals surface area (Å²) in [6.45, 7) is 1.70. The van der Waals surface area contributed by atoms with E-state index in [1.807, 2.05) is 15.9 Å². The van der Waals surface area contributed by atoms with Gasteiger partial charge in [0.15, 0.2) is 0 Å². The molecule has 2 heterocycles. The van der Waals surface area contributed by atoms with E-state index in [1.54, 1.807) is 36.4 Å². The molecule has 2 aromatic rings. The first-order chi connectivity index (χ1) is 15.6. The topological polar surface area (TPSA) is 52.7 Å². The van der Waals surface area contributed by atoms with Crippen molar-refractivity contribution in [3.05, 3.63) is 54.3 Å². The Morgan fingerprint density at radius 3 is 2.53 bits per heavy atom. The minimum absolute atomic E-state index is 0.0624. The van der Waals surface area contributed by atoms with Gasteiger partial charge >= 0.3 is 0 Å². The third kappa shape index (κ3) is 4.99. The molecule has 1 N–H and O–H groups in total. The summed E-state index contributed by atoms with van der Waals surface area (Å²) >= 11 is 0. The number of carbonyl (C=O) groups is 2. The number of likely N-dealkylation sites (tertiary alicyclic amines) is 2. The molecule has 4 rings (SSSR count). The maximum atomic E-state index is 14.1. The Balaban J connectivity index is 1.33. The van der Waals surface area contributed by atoms with E-state index in [0.717, 1.165) is 19.4 Å². The third-order valence-electron chi connectivity index (χ3n) is 6.51. The molecule has 2 aliphatic heterocycles. The van der Waals surface area contributed by atoms with E-state index in [2.05, 4.69) is 5.32 Å². The molecule has 0 aliphatic carbocycles. The second-order valence-electron chi connectivity index (χ2n) is 8.53. The van der Waals surface area contributed by atoms with Crippen molar-refractivity contribution in [1.29, 1.82) is 0 Å². The Labute approximate surface area is 187 Å². The molecule has 7 heteroatoms. The number of hydrogen-bond donors (Lipinski definition) is 1. The van der Waals surface area contributed by atoms with Crippen molar-refractivity contribution in [3.8, 4) is 11.1 Å². The molecule has 2 amide bonds. The van der Waals surface area contributed by atoms with Gasteiger partial charge in [0.1, 0.15) is 12.5 Å². The van der Waals surface area contributed by atoms with Crippen LogP contribution in [0.15, 0.2) is 48.5 Å². The number of amides is 2. The number of rotatable bonds is 6. The van der Waals surface area contributed by atoms with Gasteiger partial charge in [-0.05, 0) is 56.0 Å². The van der Waals surface area contributed by atoms with Crippen LogP contribution in [0.4, 0.5) is 14.5 Å². The summed E-state index contributed by atoms with van der Waals surface area (Å²) < 4.78 is 26.9. The molecule has 0 aromatic heterocycles. The minimum Gasteiger partial charge on any atom is -0.341 e. The number of alkyl halides is 1. The van der Waals surface area contributed by atoms with Crippen LogP contribution in [0.25, 0.3) is 11.1 Å². The molecule has 0 radical (unpaired) electrons. The zero-order valence-corrected chi connectivity index (χ0v) is 18.1. The number of anilines is 1. The fourth-order valence-corrected chi connectivity index (χ4v) is 4.76. The molecule has 0 saturated carbocycles. The fraction of sp³-hybridized carbons (Fsp3) is 0.440. The van der Waals surface area contributed by atoms with Crippen LogP contribution in [-0.4, -0.2) is 60.5 Å². The van der Waals surface area contributed by atoms with Crippen molar-refractivity contribution in [3.63, 3.8) is 0 Å². The molecule has 2 fully saturated rings. The van der Waals surface area contributed by atoms with E-state index in [-0.39, 0.29) is 29.6 Å². The van der Waals surface area contributed by atoms with Gasteiger partial charge in [-0.25, -0.2) is 8.78 Å². The molecule has 2 aromatic carbocycles. The number of nitrogens with zero attached hydrogens (tertiary/aromatic N) is 2. The maximum absolute atomic E-state index is 14.1. The Morgan fingerprint density at radius 2 is 1.78 bits per heavy atom. The molecule has 2 aliphatic rings. The summed E-state index contributed by atoms with van der Waals surface area (Å²) in [4.78, 5) is 29.5. The second kappa shape index (κ2) is 10.2. The van der Waals surface area contributed by atoms with Crippen LogP contribution in [0, 0.1) is 11.7 Å². The van der Waals surface area contributed by atoms with Crippen LogP contribution >= 0.6 is 0 Å². The van der Waals surface area contributed by atoms with Crippen molar-refractivity contribution < 1.29 is 18.4 Å². The molecule has 1 atom stereocenters. The van der Waals surface area contributed by atoms with Crippen molar-refractivity contribution >= 4 is 17.5 Å². The third-order valence-corrected chi connectivity index (χ3v) is 6.51. The smallest absolute Gasteiger partial charge is 0.239 e. The summed E-state index contributed by atoms with van der Waals surface area (Å²) in [7, 11) is 0. The molecule has 0 spiro atoms. The summed E-state index contributed by atoms with van der Waals surface area (Å²) in [5.41, 5.74) is 1.82. The number of piperidine rings is 1. The SMILES string of the molecule is O=C(Nc1cccc(-c2ccccc2F)c1)C1CCN(C(=O)[C@@H]2CCCN2CCF)CC1. The lowest BCUT2D eigenvalue weighted by molar-refractivity contribution is -0.138. The highest BCUT2D eigenvalue weighted by atomic mass is 19.1. The van der Waals surface area contributed by atoms with Crippen LogP contribution in [0.5, 0.6) is 0 Å². The van der Waals surface area contributed by atoms with Crippen LogP contribution in [0.2, 0.25) is 0 Å². The van der Waals surface area contributed by atoms with Crippen LogP contribution in [-0.2, 0) is 9.59 Å². The van der Waals surface area contributed by atoms with Crippen LogP contribution in [0.1, 0.15) is 25.7 Å². The van der Waals surface area contributed by atoms with Crippen molar-refractivity contribution in [2.45, 2.75) is 31.7 Å². The van der Waals surface area contributed by atoms with Gasteiger partial charge in [-0.2, -0.15) is 0 Å². The van der Waals surface area contributed by atoms with E-state index in [9.17, 15) is 18.4 Å². The highest BCUT2D eigenvalue weighted by Crippen LogP contribution is 2.27. The highest BCUT2D eigenvalue weighted by molar-refractivity contribution is 5.93. The van der Waals surface area contributed by atoms with E-state index in [1.165, 1.54) is 6.07 Å². The van der Waals surface area contributed by atoms with Crippen molar-refractivity contribution in [2.24, 2.45) is 5.92 Å². The average Bonchev–Trinajstić information content (AvgIpc) is 3.28. The summed E-state index contributed by atoms with van der Waals surface area (Å²) in [5.74, 6) is -0.503. The molecule has 5 nitrogen and oxygen atoms in total. The summed E-state index contributed by atoms with van der Waals surface area (Å²) in [6, 6.07) is 13.5. The first-order valence-electron chi connectivity index (χ1n) is 11.3. The maximum Gasteiger partial charge on any atom is 0.239 e. The van der Waals surface area contributed by atoms with Gasteiger partial charge in [-0.1, -0.05) is 30.3 Å². The first-order valence-corrected chi connectivity index (χ1v) is 11.3. The average molecular weight is 442 g/mol. The van der Waals surface area contributed by atoms with E-state index in [4.69, 9.17) is 0 Å². The monoisotopic (exact) mass is 441 g/mol. The molecule has 2 saturated heterocycles. The van der Waals surface area contributed by atoms with Gasteiger partial charge in [0.25, 0.3) is 0 Å². The molecule has 170 valence electrons. The van der Waals surface area contributed by atoms with E-state index < -0.39 is 6.67 Å². The van der Waals surface area contributed by atoms with Crippen LogP contribution < -0.4 is 5.32 Å². The van der Waals surface area contributed by atoms with E-state index in [0.29, 0.717) is 49.3 Å². The minimum atomic E-state index is -0.440. The Kier molecular flexibility index (Phi) is 7.15. The van der Waals surface area contributed by atoms with Gasteiger partial charge in [-0.3, -0.25) is 14.5 Å². The molecular weight excluding hydrogens is 412 g/mol. The van der Waals surface area contributed by atoms with Gasteiger partial charge in [0, 0.05) is 36.8 Å². The molecule has 0 bridgehead atoms. The summed E-state index contributed by atoms with van der Waals surface area (Å²) in [6.07, 6.45) is 2.89. The molecule has 32 heavy (non-hydrogen) atoms. The standard InChI is InChI=1S/C25H29F2N3O2/c26-12-16-29-13-4-9-23(29)25(32)30-14-10-18(11-15-30)24(31)28-20-6-3-5-19(17-20)21-7-1-2-8-22(21)27/h1-3,5-8,17-18,23H,4,9-16H2,(H,28,31)/t23-/m0/s1. The Morgan fingerprint density at radius 1 is 1.00 bits per heavy atom. The zero-order chi connectivity index (χ0) is 22.5. The quantitative estimate of drug-likeness (QED) is 0.734. The largest absolute Gasteiger partial charge is 0.341 e. The van der Waals surface area contributed by atoms with E-state index >= 15 is 0 Å². The number of halogens is 2. The predicted molar refractivity (Wildman–Crippen MR) is 120 cm³/mol. The lowest BCUT2D eigenvalue weighted by atomic mass is 9.95. The number of nitrogens with one attached hydrogen (secondary N) is 1. The van der Waals surface area contributed by atoms with Crippen LogP contribution in [0.3, 0.4) is 0 Å². The molecule has 0 unspecified atom stereocenters.